The largest absolute Gasteiger partial charge is 0.123 e. The third-order valence-corrected chi connectivity index (χ3v) is 2.90. The first-order chi connectivity index (χ1) is 5.97. The Morgan fingerprint density at radius 2 is 2.08 bits per heavy atom. The molecule has 0 aliphatic heterocycles. The first-order valence-electron chi connectivity index (χ1n) is 5.28. The third kappa shape index (κ3) is 4.71. The maximum Gasteiger partial charge on any atom is 0.0341 e. The van der Waals surface area contributed by atoms with Crippen LogP contribution in [0.2, 0.25) is 0 Å². The molecular formula is C12H21Cl. The predicted octanol–water partition coefficient (Wildman–Crippen LogP) is 4.39. The van der Waals surface area contributed by atoms with E-state index in [2.05, 4.69) is 32.9 Å². The average molecular weight is 201 g/mol. The van der Waals surface area contributed by atoms with Crippen molar-refractivity contribution < 1.29 is 0 Å². The second-order valence-corrected chi connectivity index (χ2v) is 5.98. The van der Waals surface area contributed by atoms with Crippen LogP contribution in [0.1, 0.15) is 46.5 Å². The molecule has 0 aromatic rings. The lowest BCUT2D eigenvalue weighted by Crippen LogP contribution is -2.15. The van der Waals surface area contributed by atoms with Crippen molar-refractivity contribution in [3.63, 3.8) is 0 Å². The van der Waals surface area contributed by atoms with Crippen LogP contribution in [0.4, 0.5) is 0 Å². The SMILES string of the molecule is CC(C)(C)CC(Cl)CCC1C=CC1. The fourth-order valence-electron chi connectivity index (χ4n) is 1.70. The number of halogens is 1. The highest BCUT2D eigenvalue weighted by Crippen LogP contribution is 2.29. The monoisotopic (exact) mass is 200 g/mol. The molecule has 0 amide bonds. The van der Waals surface area contributed by atoms with E-state index in [0.717, 1.165) is 12.3 Å². The number of hydrogen-bond acceptors (Lipinski definition) is 0. The third-order valence-electron chi connectivity index (χ3n) is 2.53. The van der Waals surface area contributed by atoms with Crippen LogP contribution in [0.25, 0.3) is 0 Å². The van der Waals surface area contributed by atoms with Gasteiger partial charge in [-0.05, 0) is 37.0 Å². The van der Waals surface area contributed by atoms with E-state index in [0.29, 0.717) is 10.8 Å². The van der Waals surface area contributed by atoms with Gasteiger partial charge >= 0.3 is 0 Å². The van der Waals surface area contributed by atoms with Crippen LogP contribution in [0.15, 0.2) is 12.2 Å². The minimum Gasteiger partial charge on any atom is -0.123 e. The van der Waals surface area contributed by atoms with Crippen LogP contribution in [-0.2, 0) is 0 Å². The second kappa shape index (κ2) is 4.50. The zero-order valence-electron chi connectivity index (χ0n) is 9.02. The zero-order valence-corrected chi connectivity index (χ0v) is 9.77. The van der Waals surface area contributed by atoms with Crippen molar-refractivity contribution in [2.45, 2.75) is 51.8 Å². The van der Waals surface area contributed by atoms with Gasteiger partial charge in [0.05, 0.1) is 0 Å². The summed E-state index contributed by atoms with van der Waals surface area (Å²) in [6.07, 6.45) is 9.41. The van der Waals surface area contributed by atoms with E-state index in [4.69, 9.17) is 11.6 Å². The Hall–Kier alpha value is 0.0300. The quantitative estimate of drug-likeness (QED) is 0.467. The van der Waals surface area contributed by atoms with Crippen LogP contribution in [0, 0.1) is 11.3 Å². The maximum atomic E-state index is 6.27. The molecule has 1 rings (SSSR count). The molecule has 1 heteroatoms. The summed E-state index contributed by atoms with van der Waals surface area (Å²) in [6.45, 7) is 6.77. The zero-order chi connectivity index (χ0) is 9.90. The van der Waals surface area contributed by atoms with E-state index >= 15 is 0 Å². The van der Waals surface area contributed by atoms with Crippen LogP contribution >= 0.6 is 11.6 Å². The van der Waals surface area contributed by atoms with E-state index in [9.17, 15) is 0 Å². The van der Waals surface area contributed by atoms with E-state index in [-0.39, 0.29) is 0 Å². The number of hydrogen-bond donors (Lipinski definition) is 0. The standard InChI is InChI=1S/C12H21Cl/c1-12(2,3)9-11(13)8-7-10-5-4-6-10/h4-5,10-11H,6-9H2,1-3H3. The second-order valence-electron chi connectivity index (χ2n) is 5.36. The number of rotatable bonds is 4. The van der Waals surface area contributed by atoms with Gasteiger partial charge in [0, 0.05) is 5.38 Å². The van der Waals surface area contributed by atoms with Crippen molar-refractivity contribution in [2.75, 3.05) is 0 Å². The molecule has 0 saturated heterocycles. The summed E-state index contributed by atoms with van der Waals surface area (Å²) in [7, 11) is 0. The smallest absolute Gasteiger partial charge is 0.0341 e. The van der Waals surface area contributed by atoms with Crippen LogP contribution in [0.3, 0.4) is 0 Å². The van der Waals surface area contributed by atoms with E-state index in [1.165, 1.54) is 19.3 Å². The molecule has 2 atom stereocenters. The minimum absolute atomic E-state index is 0.369. The van der Waals surface area contributed by atoms with E-state index < -0.39 is 0 Å². The van der Waals surface area contributed by atoms with Crippen molar-refractivity contribution in [1.82, 2.24) is 0 Å². The molecule has 0 bridgehead atoms. The molecule has 13 heavy (non-hydrogen) atoms. The molecule has 0 saturated carbocycles. The molecule has 2 unspecified atom stereocenters. The molecule has 76 valence electrons. The fraction of sp³-hybridized carbons (Fsp3) is 0.833. The van der Waals surface area contributed by atoms with Crippen LogP contribution in [0.5, 0.6) is 0 Å². The summed E-state index contributed by atoms with van der Waals surface area (Å²) in [6, 6.07) is 0. The summed E-state index contributed by atoms with van der Waals surface area (Å²) in [5, 5.41) is 0.369. The van der Waals surface area contributed by atoms with Crippen molar-refractivity contribution in [3.8, 4) is 0 Å². The molecule has 0 N–H and O–H groups in total. The minimum atomic E-state index is 0.369. The molecular weight excluding hydrogens is 180 g/mol. The van der Waals surface area contributed by atoms with Gasteiger partial charge in [-0.2, -0.15) is 0 Å². The van der Waals surface area contributed by atoms with Crippen LogP contribution < -0.4 is 0 Å². The van der Waals surface area contributed by atoms with Gasteiger partial charge in [0.2, 0.25) is 0 Å². The summed E-state index contributed by atoms with van der Waals surface area (Å²) in [5.74, 6) is 0.834. The van der Waals surface area contributed by atoms with Gasteiger partial charge in [0.15, 0.2) is 0 Å². The molecule has 1 aliphatic carbocycles. The van der Waals surface area contributed by atoms with Crippen LogP contribution in [-0.4, -0.2) is 5.38 Å². The molecule has 0 heterocycles. The van der Waals surface area contributed by atoms with Gasteiger partial charge in [-0.3, -0.25) is 0 Å². The Morgan fingerprint density at radius 3 is 2.46 bits per heavy atom. The molecule has 0 radical (unpaired) electrons. The molecule has 0 fully saturated rings. The van der Waals surface area contributed by atoms with Gasteiger partial charge in [-0.15, -0.1) is 11.6 Å². The molecule has 0 nitrogen and oxygen atoms in total. The summed E-state index contributed by atoms with van der Waals surface area (Å²) < 4.78 is 0. The van der Waals surface area contributed by atoms with Gasteiger partial charge in [0.1, 0.15) is 0 Å². The summed E-state index contributed by atoms with van der Waals surface area (Å²) >= 11 is 6.27. The number of alkyl halides is 1. The van der Waals surface area contributed by atoms with E-state index in [1.54, 1.807) is 0 Å². The predicted molar refractivity (Wildman–Crippen MR) is 60.2 cm³/mol. The molecule has 0 aromatic carbocycles. The normalized spacial score (nSPS) is 24.2. The van der Waals surface area contributed by atoms with Crippen molar-refractivity contribution in [3.05, 3.63) is 12.2 Å². The highest BCUT2D eigenvalue weighted by molar-refractivity contribution is 6.20. The van der Waals surface area contributed by atoms with Gasteiger partial charge in [-0.25, -0.2) is 0 Å². The highest BCUT2D eigenvalue weighted by Gasteiger charge is 2.18. The molecule has 0 spiro atoms. The van der Waals surface area contributed by atoms with Crippen molar-refractivity contribution in [1.29, 1.82) is 0 Å². The lowest BCUT2D eigenvalue weighted by atomic mass is 9.86. The highest BCUT2D eigenvalue weighted by atomic mass is 35.5. The Labute approximate surface area is 87.4 Å². The first kappa shape index (κ1) is 11.1. The summed E-state index contributed by atoms with van der Waals surface area (Å²) in [5.41, 5.74) is 0.377. The number of allylic oxidation sites excluding steroid dienone is 2. The van der Waals surface area contributed by atoms with Crippen molar-refractivity contribution in [2.24, 2.45) is 11.3 Å². The lowest BCUT2D eigenvalue weighted by Gasteiger charge is -2.24. The molecule has 0 aromatic heterocycles. The van der Waals surface area contributed by atoms with Gasteiger partial charge in [-0.1, -0.05) is 32.9 Å². The maximum absolute atomic E-state index is 6.27. The average Bonchev–Trinajstić information content (AvgIpc) is 1.78. The van der Waals surface area contributed by atoms with Crippen molar-refractivity contribution >= 4 is 11.6 Å². The summed E-state index contributed by atoms with van der Waals surface area (Å²) in [4.78, 5) is 0. The topological polar surface area (TPSA) is 0 Å². The lowest BCUT2D eigenvalue weighted by molar-refractivity contribution is 0.355. The van der Waals surface area contributed by atoms with Gasteiger partial charge < -0.3 is 0 Å². The molecule has 1 aliphatic rings. The first-order valence-corrected chi connectivity index (χ1v) is 5.72. The van der Waals surface area contributed by atoms with Gasteiger partial charge in [0.25, 0.3) is 0 Å². The Kier molecular flexibility index (Phi) is 3.85. The Morgan fingerprint density at radius 1 is 1.46 bits per heavy atom. The Bertz CT molecular complexity index is 176. The fourth-order valence-corrected chi connectivity index (χ4v) is 2.29. The Balaban J connectivity index is 2.10. The van der Waals surface area contributed by atoms with E-state index in [1.807, 2.05) is 0 Å².